The molecule has 94 valence electrons. The Morgan fingerprint density at radius 3 is 2.61 bits per heavy atom. The number of hydrogen-bond donors (Lipinski definition) is 1. The van der Waals surface area contributed by atoms with E-state index in [0.29, 0.717) is 6.61 Å². The summed E-state index contributed by atoms with van der Waals surface area (Å²) in [7, 11) is 0. The average molecular weight is 248 g/mol. The van der Waals surface area contributed by atoms with E-state index in [1.165, 1.54) is 0 Å². The Morgan fingerprint density at radius 1 is 1.28 bits per heavy atom. The maximum atomic E-state index is 11.2. The monoisotopic (exact) mass is 248 g/mol. The Morgan fingerprint density at radius 2 is 2.00 bits per heavy atom. The first kappa shape index (κ1) is 12.3. The number of Topliss-reactive ketones (excluding diaryl/α,β-unsaturated/α-hetero) is 1. The van der Waals surface area contributed by atoms with Crippen molar-refractivity contribution >= 4 is 11.8 Å². The van der Waals surface area contributed by atoms with Gasteiger partial charge in [0.1, 0.15) is 17.9 Å². The molecule has 2 rings (SSSR count). The summed E-state index contributed by atoms with van der Waals surface area (Å²) in [5.41, 5.74) is 0.638. The molecule has 0 radical (unpaired) electrons. The number of benzene rings is 1. The predicted octanol–water partition coefficient (Wildman–Crippen LogP) is 1.14. The molecule has 18 heavy (non-hydrogen) atoms. The standard InChI is InChI=1S/C13H12O5/c14-10(12-11(15)8-18-13(12)16)7-17-6-9-4-2-1-3-5-9/h1-5,14H,6-8H2. The van der Waals surface area contributed by atoms with Gasteiger partial charge in [0.25, 0.3) is 0 Å². The van der Waals surface area contributed by atoms with Gasteiger partial charge in [0, 0.05) is 0 Å². The van der Waals surface area contributed by atoms with E-state index in [0.717, 1.165) is 5.56 Å². The van der Waals surface area contributed by atoms with Crippen molar-refractivity contribution in [1.82, 2.24) is 0 Å². The van der Waals surface area contributed by atoms with E-state index >= 15 is 0 Å². The Bertz CT molecular complexity index is 471. The van der Waals surface area contributed by atoms with E-state index in [1.807, 2.05) is 30.3 Å². The van der Waals surface area contributed by atoms with Crippen LogP contribution in [0, 0.1) is 0 Å². The van der Waals surface area contributed by atoms with E-state index in [4.69, 9.17) is 4.74 Å². The smallest absolute Gasteiger partial charge is 0.345 e. The number of aliphatic hydroxyl groups excluding tert-OH is 1. The third kappa shape index (κ3) is 2.75. The van der Waals surface area contributed by atoms with Crippen LogP contribution in [0.1, 0.15) is 5.56 Å². The van der Waals surface area contributed by atoms with E-state index in [9.17, 15) is 14.7 Å². The van der Waals surface area contributed by atoms with Crippen molar-refractivity contribution < 1.29 is 24.2 Å². The Kier molecular flexibility index (Phi) is 3.74. The van der Waals surface area contributed by atoms with Gasteiger partial charge in [-0.1, -0.05) is 30.3 Å². The first-order chi connectivity index (χ1) is 8.68. The fourth-order valence-corrected chi connectivity index (χ4v) is 1.58. The van der Waals surface area contributed by atoms with Crippen LogP contribution in [-0.2, 0) is 25.7 Å². The molecular formula is C13H12O5. The molecular weight excluding hydrogens is 236 g/mol. The lowest BCUT2D eigenvalue weighted by Crippen LogP contribution is -2.10. The number of cyclic esters (lactones) is 1. The van der Waals surface area contributed by atoms with Gasteiger partial charge >= 0.3 is 5.97 Å². The fraction of sp³-hybridized carbons (Fsp3) is 0.231. The molecule has 0 unspecified atom stereocenters. The summed E-state index contributed by atoms with van der Waals surface area (Å²) in [6, 6.07) is 9.37. The summed E-state index contributed by atoms with van der Waals surface area (Å²) < 4.78 is 9.72. The second kappa shape index (κ2) is 5.46. The molecule has 0 amide bonds. The quantitative estimate of drug-likeness (QED) is 0.374. The first-order valence-electron chi connectivity index (χ1n) is 5.42. The minimum absolute atomic E-state index is 0.189. The van der Waals surface area contributed by atoms with Gasteiger partial charge in [-0.2, -0.15) is 0 Å². The molecule has 1 aliphatic heterocycles. The molecule has 0 aromatic heterocycles. The molecule has 0 bridgehead atoms. The number of carbonyl (C=O) groups is 2. The zero-order chi connectivity index (χ0) is 13.0. The molecule has 1 saturated heterocycles. The summed E-state index contributed by atoms with van der Waals surface area (Å²) in [6.07, 6.45) is 0. The molecule has 1 heterocycles. The minimum atomic E-state index is -0.791. The Labute approximate surface area is 104 Å². The highest BCUT2D eigenvalue weighted by Crippen LogP contribution is 2.14. The van der Waals surface area contributed by atoms with Crippen LogP contribution in [0.4, 0.5) is 0 Å². The van der Waals surface area contributed by atoms with Crippen molar-refractivity contribution in [1.29, 1.82) is 0 Å². The summed E-state index contributed by atoms with van der Waals surface area (Å²) >= 11 is 0. The maximum absolute atomic E-state index is 11.2. The highest BCUT2D eigenvalue weighted by atomic mass is 16.5. The van der Waals surface area contributed by atoms with Gasteiger partial charge < -0.3 is 14.6 Å². The van der Waals surface area contributed by atoms with Crippen LogP contribution in [0.3, 0.4) is 0 Å². The van der Waals surface area contributed by atoms with E-state index in [1.54, 1.807) is 0 Å². The van der Waals surface area contributed by atoms with Crippen LogP contribution >= 0.6 is 0 Å². The van der Waals surface area contributed by atoms with Crippen LogP contribution in [0.5, 0.6) is 0 Å². The number of ketones is 1. The van der Waals surface area contributed by atoms with E-state index in [2.05, 4.69) is 4.74 Å². The van der Waals surface area contributed by atoms with Crippen molar-refractivity contribution in [3.63, 3.8) is 0 Å². The number of carbonyl (C=O) groups excluding carboxylic acids is 2. The molecule has 0 saturated carbocycles. The topological polar surface area (TPSA) is 72.8 Å². The van der Waals surface area contributed by atoms with Crippen LogP contribution in [0.25, 0.3) is 0 Å². The van der Waals surface area contributed by atoms with Gasteiger partial charge in [-0.05, 0) is 5.56 Å². The van der Waals surface area contributed by atoms with Crippen LogP contribution < -0.4 is 0 Å². The zero-order valence-corrected chi connectivity index (χ0v) is 9.59. The van der Waals surface area contributed by atoms with Crippen LogP contribution in [0.15, 0.2) is 41.7 Å². The van der Waals surface area contributed by atoms with Gasteiger partial charge in [0.2, 0.25) is 5.78 Å². The predicted molar refractivity (Wildman–Crippen MR) is 61.7 cm³/mol. The number of rotatable bonds is 4. The molecule has 0 spiro atoms. The molecule has 1 aromatic carbocycles. The summed E-state index contributed by atoms with van der Waals surface area (Å²) in [5, 5.41) is 9.60. The van der Waals surface area contributed by atoms with Gasteiger partial charge in [0.05, 0.1) is 6.61 Å². The fourth-order valence-electron chi connectivity index (χ4n) is 1.58. The SMILES string of the molecule is O=C1COC(=O)C1=C(O)COCc1ccccc1. The second-order valence-electron chi connectivity index (χ2n) is 3.80. The van der Waals surface area contributed by atoms with Crippen molar-refractivity contribution in [2.45, 2.75) is 6.61 Å². The molecule has 5 nitrogen and oxygen atoms in total. The number of hydrogen-bond acceptors (Lipinski definition) is 5. The molecule has 1 N–H and O–H groups in total. The van der Waals surface area contributed by atoms with Crippen molar-refractivity contribution in [2.24, 2.45) is 0 Å². The first-order valence-corrected chi connectivity index (χ1v) is 5.42. The Hall–Kier alpha value is -2.14. The molecule has 1 aliphatic rings. The lowest BCUT2D eigenvalue weighted by molar-refractivity contribution is -0.135. The normalized spacial score (nSPS) is 17.8. The molecule has 1 fully saturated rings. The summed E-state index contributed by atoms with van der Waals surface area (Å²) in [4.78, 5) is 22.4. The third-order valence-electron chi connectivity index (χ3n) is 2.46. The van der Waals surface area contributed by atoms with Crippen LogP contribution in [-0.4, -0.2) is 30.1 Å². The number of esters is 1. The third-order valence-corrected chi connectivity index (χ3v) is 2.46. The lowest BCUT2D eigenvalue weighted by atomic mass is 10.2. The largest absolute Gasteiger partial charge is 0.509 e. The minimum Gasteiger partial charge on any atom is -0.509 e. The van der Waals surface area contributed by atoms with E-state index in [-0.39, 0.29) is 24.5 Å². The summed E-state index contributed by atoms with van der Waals surface area (Å²) in [5.74, 6) is -1.68. The molecule has 5 heteroatoms. The maximum Gasteiger partial charge on any atom is 0.345 e. The van der Waals surface area contributed by atoms with Gasteiger partial charge in [-0.3, -0.25) is 4.79 Å². The molecule has 0 aliphatic carbocycles. The van der Waals surface area contributed by atoms with E-state index < -0.39 is 11.8 Å². The van der Waals surface area contributed by atoms with Gasteiger partial charge in [-0.25, -0.2) is 4.79 Å². The van der Waals surface area contributed by atoms with Crippen molar-refractivity contribution in [2.75, 3.05) is 13.2 Å². The Balaban J connectivity index is 1.92. The number of aliphatic hydroxyl groups is 1. The zero-order valence-electron chi connectivity index (χ0n) is 9.59. The van der Waals surface area contributed by atoms with Gasteiger partial charge in [0.15, 0.2) is 6.61 Å². The number of ether oxygens (including phenoxy) is 2. The lowest BCUT2D eigenvalue weighted by Gasteiger charge is -2.04. The van der Waals surface area contributed by atoms with Crippen LogP contribution in [0.2, 0.25) is 0 Å². The van der Waals surface area contributed by atoms with Crippen molar-refractivity contribution in [3.8, 4) is 0 Å². The highest BCUT2D eigenvalue weighted by Gasteiger charge is 2.31. The highest BCUT2D eigenvalue weighted by molar-refractivity contribution is 6.22. The molecule has 0 atom stereocenters. The summed E-state index contributed by atoms with van der Waals surface area (Å²) in [6.45, 7) is -0.205. The van der Waals surface area contributed by atoms with Crippen molar-refractivity contribution in [3.05, 3.63) is 47.2 Å². The second-order valence-corrected chi connectivity index (χ2v) is 3.80. The average Bonchev–Trinajstić information content (AvgIpc) is 2.70. The van der Waals surface area contributed by atoms with Gasteiger partial charge in [-0.15, -0.1) is 0 Å². The molecule has 1 aromatic rings.